The quantitative estimate of drug-likeness (QED) is 0.498. The highest BCUT2D eigenvalue weighted by Gasteiger charge is 2.32. The third-order valence-electron chi connectivity index (χ3n) is 3.28. The van der Waals surface area contributed by atoms with Crippen LogP contribution in [0.15, 0.2) is 0 Å². The van der Waals surface area contributed by atoms with Crippen LogP contribution in [0.2, 0.25) is 0 Å². The second kappa shape index (κ2) is 7.41. The molecule has 1 fully saturated rings. The van der Waals surface area contributed by atoms with E-state index in [1.54, 1.807) is 7.05 Å². The molecule has 0 aromatic heterocycles. The molecule has 0 aliphatic carbocycles. The van der Waals surface area contributed by atoms with Gasteiger partial charge in [0.05, 0.1) is 12.1 Å². The number of aliphatic carboxylic acids is 1. The number of carbonyl (C=O) groups excluding carboxylic acids is 1. The molecule has 1 aliphatic heterocycles. The van der Waals surface area contributed by atoms with Gasteiger partial charge < -0.3 is 30.3 Å². The van der Waals surface area contributed by atoms with Gasteiger partial charge in [-0.2, -0.15) is 0 Å². The van der Waals surface area contributed by atoms with Crippen LogP contribution >= 0.6 is 0 Å². The van der Waals surface area contributed by atoms with Crippen molar-refractivity contribution in [2.45, 2.75) is 31.0 Å². The van der Waals surface area contributed by atoms with Crippen LogP contribution in [0.5, 0.6) is 0 Å². The third-order valence-corrected chi connectivity index (χ3v) is 3.28. The monoisotopic (exact) mass is 290 g/mol. The maximum atomic E-state index is 11.8. The Balaban J connectivity index is 2.30. The largest absolute Gasteiger partial charge is 0.479 e. The summed E-state index contributed by atoms with van der Waals surface area (Å²) < 4.78 is 5.16. The van der Waals surface area contributed by atoms with Crippen LogP contribution in [-0.2, 0) is 9.53 Å². The molecule has 0 aromatic carbocycles. The predicted octanol–water partition coefficient (Wildman–Crippen LogP) is -0.995. The number of carbonyl (C=O) groups is 2. The SMILES string of the molecule is CN(CC1(O)CCOCC1)C(=O)NCCC(O)C(=O)O. The Labute approximate surface area is 117 Å². The van der Waals surface area contributed by atoms with Crippen LogP contribution in [0.3, 0.4) is 0 Å². The maximum absolute atomic E-state index is 11.8. The maximum Gasteiger partial charge on any atom is 0.332 e. The highest BCUT2D eigenvalue weighted by atomic mass is 16.5. The second-order valence-electron chi connectivity index (χ2n) is 5.07. The molecule has 1 saturated heterocycles. The van der Waals surface area contributed by atoms with Gasteiger partial charge in [0.15, 0.2) is 6.10 Å². The number of aliphatic hydroxyl groups is 2. The summed E-state index contributed by atoms with van der Waals surface area (Å²) in [4.78, 5) is 23.5. The smallest absolute Gasteiger partial charge is 0.332 e. The number of aliphatic hydroxyl groups excluding tert-OH is 1. The molecule has 4 N–H and O–H groups in total. The minimum atomic E-state index is -1.49. The van der Waals surface area contributed by atoms with E-state index in [9.17, 15) is 14.7 Å². The number of ether oxygens (including phenoxy) is 1. The van der Waals surface area contributed by atoms with E-state index in [-0.39, 0.29) is 19.5 Å². The first-order valence-electron chi connectivity index (χ1n) is 6.54. The Morgan fingerprint density at radius 1 is 1.40 bits per heavy atom. The fourth-order valence-electron chi connectivity index (χ4n) is 2.00. The zero-order valence-corrected chi connectivity index (χ0v) is 11.5. The molecule has 1 aliphatic rings. The van der Waals surface area contributed by atoms with Gasteiger partial charge in [-0.25, -0.2) is 9.59 Å². The van der Waals surface area contributed by atoms with Gasteiger partial charge >= 0.3 is 12.0 Å². The van der Waals surface area contributed by atoms with Gasteiger partial charge in [-0.1, -0.05) is 0 Å². The molecule has 0 aromatic rings. The van der Waals surface area contributed by atoms with Crippen LogP contribution < -0.4 is 5.32 Å². The van der Waals surface area contributed by atoms with Crippen molar-refractivity contribution in [1.29, 1.82) is 0 Å². The van der Waals surface area contributed by atoms with Gasteiger partial charge in [-0.15, -0.1) is 0 Å². The Morgan fingerprint density at radius 3 is 2.55 bits per heavy atom. The van der Waals surface area contributed by atoms with E-state index in [1.807, 2.05) is 0 Å². The molecular formula is C12H22N2O6. The van der Waals surface area contributed by atoms with Gasteiger partial charge in [0.2, 0.25) is 0 Å². The van der Waals surface area contributed by atoms with E-state index in [2.05, 4.69) is 5.32 Å². The van der Waals surface area contributed by atoms with E-state index in [0.29, 0.717) is 26.1 Å². The number of carboxylic acids is 1. The third kappa shape index (κ3) is 5.32. The van der Waals surface area contributed by atoms with Crippen molar-refractivity contribution in [1.82, 2.24) is 10.2 Å². The number of rotatable bonds is 6. The van der Waals surface area contributed by atoms with Crippen molar-refractivity contribution in [2.24, 2.45) is 0 Å². The van der Waals surface area contributed by atoms with E-state index in [4.69, 9.17) is 14.9 Å². The van der Waals surface area contributed by atoms with Crippen LogP contribution in [0.1, 0.15) is 19.3 Å². The topological polar surface area (TPSA) is 119 Å². The number of urea groups is 1. The van der Waals surface area contributed by atoms with E-state index >= 15 is 0 Å². The first kappa shape index (κ1) is 16.7. The minimum absolute atomic E-state index is 0.0537. The Bertz CT molecular complexity index is 343. The number of nitrogens with one attached hydrogen (secondary N) is 1. The van der Waals surface area contributed by atoms with E-state index < -0.39 is 23.7 Å². The number of nitrogens with zero attached hydrogens (tertiary/aromatic N) is 1. The second-order valence-corrected chi connectivity index (χ2v) is 5.07. The van der Waals surface area contributed by atoms with E-state index in [1.165, 1.54) is 4.90 Å². The fraction of sp³-hybridized carbons (Fsp3) is 0.833. The van der Waals surface area contributed by atoms with Crippen molar-refractivity contribution >= 4 is 12.0 Å². The summed E-state index contributed by atoms with van der Waals surface area (Å²) >= 11 is 0. The van der Waals surface area contributed by atoms with Gasteiger partial charge in [-0.05, 0) is 0 Å². The molecule has 8 nitrogen and oxygen atoms in total. The molecule has 0 bridgehead atoms. The van der Waals surface area contributed by atoms with Crippen LogP contribution in [0.4, 0.5) is 4.79 Å². The van der Waals surface area contributed by atoms with Crippen molar-refractivity contribution in [2.75, 3.05) is 33.4 Å². The molecule has 116 valence electrons. The van der Waals surface area contributed by atoms with Crippen LogP contribution in [-0.4, -0.2) is 77.3 Å². The molecule has 1 unspecified atom stereocenters. The highest BCUT2D eigenvalue weighted by Crippen LogP contribution is 2.21. The zero-order valence-electron chi connectivity index (χ0n) is 11.5. The predicted molar refractivity (Wildman–Crippen MR) is 69.3 cm³/mol. The molecule has 0 radical (unpaired) electrons. The van der Waals surface area contributed by atoms with Gasteiger partial charge in [0, 0.05) is 46.1 Å². The van der Waals surface area contributed by atoms with Gasteiger partial charge in [0.25, 0.3) is 0 Å². The zero-order chi connectivity index (χ0) is 15.2. The van der Waals surface area contributed by atoms with Gasteiger partial charge in [-0.3, -0.25) is 0 Å². The standard InChI is InChI=1S/C12H22N2O6/c1-14(8-12(19)3-6-20-7-4-12)11(18)13-5-2-9(15)10(16)17/h9,15,19H,2-8H2,1H3,(H,13,18)(H,16,17). The normalized spacial score (nSPS) is 19.1. The lowest BCUT2D eigenvalue weighted by Crippen LogP contribution is -2.50. The summed E-state index contributed by atoms with van der Waals surface area (Å²) in [5, 5.41) is 30.3. The highest BCUT2D eigenvalue weighted by molar-refractivity contribution is 5.74. The average Bonchev–Trinajstić information content (AvgIpc) is 2.38. The number of carboxylic acid groups (broad SMARTS) is 1. The van der Waals surface area contributed by atoms with Crippen molar-refractivity contribution in [3.63, 3.8) is 0 Å². The summed E-state index contributed by atoms with van der Waals surface area (Å²) in [5.74, 6) is -1.32. The molecule has 0 saturated carbocycles. The molecule has 8 heteroatoms. The fourth-order valence-corrected chi connectivity index (χ4v) is 2.00. The van der Waals surface area contributed by atoms with Crippen LogP contribution in [0.25, 0.3) is 0 Å². The van der Waals surface area contributed by atoms with Crippen LogP contribution in [0, 0.1) is 0 Å². The molecule has 0 spiro atoms. The lowest BCUT2D eigenvalue weighted by molar-refractivity contribution is -0.146. The molecular weight excluding hydrogens is 268 g/mol. The molecule has 1 heterocycles. The number of hydrogen-bond donors (Lipinski definition) is 4. The number of hydrogen-bond acceptors (Lipinski definition) is 5. The van der Waals surface area contributed by atoms with Gasteiger partial charge in [0.1, 0.15) is 0 Å². The van der Waals surface area contributed by atoms with E-state index in [0.717, 1.165) is 0 Å². The summed E-state index contributed by atoms with van der Waals surface area (Å²) in [6.45, 7) is 1.18. The summed E-state index contributed by atoms with van der Waals surface area (Å²) in [6.07, 6.45) is -0.599. The number of likely N-dealkylation sites (N-methyl/N-ethyl adjacent to an activating group) is 1. The Hall–Kier alpha value is -1.38. The average molecular weight is 290 g/mol. The lowest BCUT2D eigenvalue weighted by Gasteiger charge is -2.35. The van der Waals surface area contributed by atoms with Crippen molar-refractivity contribution in [3.05, 3.63) is 0 Å². The molecule has 2 amide bonds. The Kier molecular flexibility index (Phi) is 6.18. The van der Waals surface area contributed by atoms with Crippen molar-refractivity contribution < 1.29 is 29.6 Å². The summed E-state index contributed by atoms with van der Waals surface area (Å²) in [7, 11) is 1.55. The summed E-state index contributed by atoms with van der Waals surface area (Å²) in [6, 6.07) is -0.414. The molecule has 1 rings (SSSR count). The first-order chi connectivity index (χ1) is 9.34. The molecule has 20 heavy (non-hydrogen) atoms. The number of amides is 2. The lowest BCUT2D eigenvalue weighted by atomic mass is 9.94. The summed E-state index contributed by atoms with van der Waals surface area (Å²) in [5.41, 5.74) is -0.940. The minimum Gasteiger partial charge on any atom is -0.479 e. The van der Waals surface area contributed by atoms with Crippen molar-refractivity contribution in [3.8, 4) is 0 Å². The Morgan fingerprint density at radius 2 is 2.00 bits per heavy atom. The first-order valence-corrected chi connectivity index (χ1v) is 6.54. The molecule has 1 atom stereocenters.